The highest BCUT2D eigenvalue weighted by molar-refractivity contribution is 5.97. The van der Waals surface area contributed by atoms with E-state index in [0.29, 0.717) is 12.3 Å². The summed E-state index contributed by atoms with van der Waals surface area (Å²) >= 11 is 0. The minimum atomic E-state index is 0.231. The molecule has 17 heavy (non-hydrogen) atoms. The Bertz CT molecular complexity index is 406. The predicted octanol–water partition coefficient (Wildman–Crippen LogP) is 4.11. The average molecular weight is 234 g/mol. The van der Waals surface area contributed by atoms with Crippen molar-refractivity contribution in [2.75, 3.05) is 7.11 Å². The lowest BCUT2D eigenvalue weighted by atomic mass is 9.93. The molecular formula is C15H22O2. The second kappa shape index (κ2) is 5.85. The molecule has 2 nitrogen and oxygen atoms in total. The van der Waals surface area contributed by atoms with Gasteiger partial charge in [-0.15, -0.1) is 0 Å². The van der Waals surface area contributed by atoms with E-state index in [1.807, 2.05) is 26.0 Å². The Morgan fingerprint density at radius 1 is 1.35 bits per heavy atom. The molecule has 0 fully saturated rings. The quantitative estimate of drug-likeness (QED) is 0.717. The maximum absolute atomic E-state index is 12.0. The van der Waals surface area contributed by atoms with Crippen LogP contribution in [0.15, 0.2) is 12.1 Å². The van der Waals surface area contributed by atoms with Gasteiger partial charge in [0.2, 0.25) is 0 Å². The highest BCUT2D eigenvalue weighted by atomic mass is 16.5. The van der Waals surface area contributed by atoms with E-state index in [1.54, 1.807) is 7.11 Å². The van der Waals surface area contributed by atoms with Crippen LogP contribution >= 0.6 is 0 Å². The van der Waals surface area contributed by atoms with Gasteiger partial charge in [0.05, 0.1) is 7.11 Å². The number of ether oxygens (including phenoxy) is 1. The summed E-state index contributed by atoms with van der Waals surface area (Å²) in [6.07, 6.45) is 1.51. The van der Waals surface area contributed by atoms with Crippen molar-refractivity contribution in [2.45, 2.75) is 46.5 Å². The molecule has 1 aromatic rings. The molecule has 0 atom stereocenters. The fourth-order valence-electron chi connectivity index (χ4n) is 1.99. The van der Waals surface area contributed by atoms with Crippen LogP contribution in [0.25, 0.3) is 0 Å². The van der Waals surface area contributed by atoms with Crippen molar-refractivity contribution in [3.63, 3.8) is 0 Å². The first-order valence-corrected chi connectivity index (χ1v) is 6.23. The van der Waals surface area contributed by atoms with Crippen molar-refractivity contribution >= 4 is 5.78 Å². The molecule has 0 saturated carbocycles. The van der Waals surface area contributed by atoms with E-state index in [-0.39, 0.29) is 5.78 Å². The van der Waals surface area contributed by atoms with E-state index >= 15 is 0 Å². The molecule has 2 heteroatoms. The molecule has 1 aromatic carbocycles. The van der Waals surface area contributed by atoms with Crippen LogP contribution in [-0.2, 0) is 0 Å². The van der Waals surface area contributed by atoms with Gasteiger partial charge in [0, 0.05) is 12.0 Å². The van der Waals surface area contributed by atoms with E-state index in [1.165, 1.54) is 0 Å². The first-order valence-electron chi connectivity index (χ1n) is 6.23. The van der Waals surface area contributed by atoms with Crippen LogP contribution in [0, 0.1) is 6.92 Å². The summed E-state index contributed by atoms with van der Waals surface area (Å²) in [6.45, 7) is 8.22. The number of methoxy groups -OCH3 is 1. The van der Waals surface area contributed by atoms with Gasteiger partial charge in [0.25, 0.3) is 0 Å². The third-order valence-corrected chi connectivity index (χ3v) is 2.98. The van der Waals surface area contributed by atoms with Crippen molar-refractivity contribution in [2.24, 2.45) is 0 Å². The maximum Gasteiger partial charge on any atom is 0.163 e. The standard InChI is InChI=1S/C15H22O2/c1-6-7-14(16)13-9-12(10(2)3)15(17-5)8-11(13)4/h8-10H,6-7H2,1-5H3. The molecule has 0 saturated heterocycles. The fourth-order valence-corrected chi connectivity index (χ4v) is 1.99. The molecule has 1 rings (SSSR count). The van der Waals surface area contributed by atoms with Crippen molar-refractivity contribution in [1.29, 1.82) is 0 Å². The Kier molecular flexibility index (Phi) is 4.73. The number of hydrogen-bond acceptors (Lipinski definition) is 2. The van der Waals surface area contributed by atoms with Crippen LogP contribution in [-0.4, -0.2) is 12.9 Å². The number of carbonyl (C=O) groups excluding carboxylic acids is 1. The number of benzene rings is 1. The van der Waals surface area contributed by atoms with E-state index in [9.17, 15) is 4.79 Å². The molecular weight excluding hydrogens is 212 g/mol. The lowest BCUT2D eigenvalue weighted by Gasteiger charge is -2.15. The molecule has 0 aromatic heterocycles. The minimum Gasteiger partial charge on any atom is -0.496 e. The van der Waals surface area contributed by atoms with Crippen molar-refractivity contribution in [3.05, 3.63) is 28.8 Å². The van der Waals surface area contributed by atoms with Gasteiger partial charge in [-0.05, 0) is 42.5 Å². The van der Waals surface area contributed by atoms with Crippen LogP contribution in [0.2, 0.25) is 0 Å². The van der Waals surface area contributed by atoms with Gasteiger partial charge in [-0.2, -0.15) is 0 Å². The fraction of sp³-hybridized carbons (Fsp3) is 0.533. The monoisotopic (exact) mass is 234 g/mol. The molecule has 0 spiro atoms. The molecule has 0 aliphatic rings. The number of carbonyl (C=O) groups is 1. The van der Waals surface area contributed by atoms with Crippen LogP contribution in [0.4, 0.5) is 0 Å². The Morgan fingerprint density at radius 3 is 2.47 bits per heavy atom. The number of Topliss-reactive ketones (excluding diaryl/α,β-unsaturated/α-hetero) is 1. The summed E-state index contributed by atoms with van der Waals surface area (Å²) in [5, 5.41) is 0. The normalized spacial score (nSPS) is 10.7. The summed E-state index contributed by atoms with van der Waals surface area (Å²) in [5.74, 6) is 1.47. The predicted molar refractivity (Wildman–Crippen MR) is 71.1 cm³/mol. The van der Waals surface area contributed by atoms with Gasteiger partial charge in [-0.3, -0.25) is 4.79 Å². The zero-order chi connectivity index (χ0) is 13.0. The van der Waals surface area contributed by atoms with E-state index in [4.69, 9.17) is 4.74 Å². The van der Waals surface area contributed by atoms with Gasteiger partial charge in [-0.25, -0.2) is 0 Å². The van der Waals surface area contributed by atoms with Crippen LogP contribution < -0.4 is 4.74 Å². The molecule has 94 valence electrons. The van der Waals surface area contributed by atoms with Gasteiger partial charge < -0.3 is 4.74 Å². The highest BCUT2D eigenvalue weighted by Crippen LogP contribution is 2.30. The highest BCUT2D eigenvalue weighted by Gasteiger charge is 2.15. The second-order valence-electron chi connectivity index (χ2n) is 4.74. The van der Waals surface area contributed by atoms with E-state index in [0.717, 1.165) is 28.9 Å². The van der Waals surface area contributed by atoms with Gasteiger partial charge in [0.1, 0.15) is 5.75 Å². The van der Waals surface area contributed by atoms with Crippen LogP contribution in [0.1, 0.15) is 61.0 Å². The zero-order valence-corrected chi connectivity index (χ0v) is 11.5. The number of ketones is 1. The van der Waals surface area contributed by atoms with Crippen molar-refractivity contribution in [3.8, 4) is 5.75 Å². The van der Waals surface area contributed by atoms with Crippen molar-refractivity contribution < 1.29 is 9.53 Å². The first kappa shape index (κ1) is 13.8. The summed E-state index contributed by atoms with van der Waals surface area (Å²) < 4.78 is 5.37. The lowest BCUT2D eigenvalue weighted by Crippen LogP contribution is -2.05. The summed E-state index contributed by atoms with van der Waals surface area (Å²) in [5.41, 5.74) is 2.96. The minimum absolute atomic E-state index is 0.231. The number of aryl methyl sites for hydroxylation is 1. The lowest BCUT2D eigenvalue weighted by molar-refractivity contribution is 0.0981. The largest absolute Gasteiger partial charge is 0.496 e. The van der Waals surface area contributed by atoms with Crippen molar-refractivity contribution in [1.82, 2.24) is 0 Å². The van der Waals surface area contributed by atoms with Gasteiger partial charge >= 0.3 is 0 Å². The molecule has 0 N–H and O–H groups in total. The summed E-state index contributed by atoms with van der Waals surface area (Å²) in [4.78, 5) is 12.0. The average Bonchev–Trinajstić information content (AvgIpc) is 2.28. The summed E-state index contributed by atoms with van der Waals surface area (Å²) in [6, 6.07) is 3.97. The molecule has 0 amide bonds. The summed E-state index contributed by atoms with van der Waals surface area (Å²) in [7, 11) is 1.67. The van der Waals surface area contributed by atoms with Crippen LogP contribution in [0.5, 0.6) is 5.75 Å². The van der Waals surface area contributed by atoms with E-state index in [2.05, 4.69) is 13.8 Å². The third-order valence-electron chi connectivity index (χ3n) is 2.98. The topological polar surface area (TPSA) is 26.3 Å². The first-order chi connectivity index (χ1) is 8.01. The molecule has 0 aliphatic carbocycles. The molecule has 0 unspecified atom stereocenters. The SMILES string of the molecule is CCCC(=O)c1cc(C(C)C)c(OC)cc1C. The van der Waals surface area contributed by atoms with Gasteiger partial charge in [0.15, 0.2) is 5.78 Å². The molecule has 0 radical (unpaired) electrons. The third kappa shape index (κ3) is 3.09. The number of hydrogen-bond donors (Lipinski definition) is 0. The zero-order valence-electron chi connectivity index (χ0n) is 11.5. The Balaban J connectivity index is 3.24. The maximum atomic E-state index is 12.0. The van der Waals surface area contributed by atoms with Gasteiger partial charge in [-0.1, -0.05) is 20.8 Å². The van der Waals surface area contributed by atoms with Crippen LogP contribution in [0.3, 0.4) is 0 Å². The second-order valence-corrected chi connectivity index (χ2v) is 4.74. The Hall–Kier alpha value is -1.31. The Labute approximate surface area is 104 Å². The smallest absolute Gasteiger partial charge is 0.163 e. The van der Waals surface area contributed by atoms with E-state index < -0.39 is 0 Å². The molecule has 0 aliphatic heterocycles. The Morgan fingerprint density at radius 2 is 2.00 bits per heavy atom. The molecule has 0 bridgehead atoms. The number of rotatable bonds is 5. The molecule has 0 heterocycles.